The highest BCUT2D eigenvalue weighted by molar-refractivity contribution is 5.78. The summed E-state index contributed by atoms with van der Waals surface area (Å²) in [6.07, 6.45) is 0.944. The number of hydrogen-bond acceptors (Lipinski definition) is 2. The van der Waals surface area contributed by atoms with Gasteiger partial charge in [-0.1, -0.05) is 13.0 Å². The molecule has 4 nitrogen and oxygen atoms in total. The molecule has 0 bridgehead atoms. The summed E-state index contributed by atoms with van der Waals surface area (Å²) in [6, 6.07) is 6.03. The summed E-state index contributed by atoms with van der Waals surface area (Å²) in [6.45, 7) is 4.89. The number of rotatable bonds is 4. The van der Waals surface area contributed by atoms with Crippen LogP contribution in [0.5, 0.6) is 0 Å². The van der Waals surface area contributed by atoms with Crippen LogP contribution in [0.1, 0.15) is 24.7 Å². The highest BCUT2D eigenvalue weighted by Crippen LogP contribution is 2.18. The van der Waals surface area contributed by atoms with Crippen molar-refractivity contribution in [1.29, 1.82) is 0 Å². The van der Waals surface area contributed by atoms with Crippen LogP contribution in [0.4, 0.5) is 0 Å². The van der Waals surface area contributed by atoms with E-state index >= 15 is 0 Å². The fraction of sp³-hybridized carbons (Fsp3) is 0.385. The molecule has 1 N–H and O–H groups in total. The van der Waals surface area contributed by atoms with E-state index in [1.807, 2.05) is 29.7 Å². The van der Waals surface area contributed by atoms with Gasteiger partial charge in [0, 0.05) is 6.54 Å². The van der Waals surface area contributed by atoms with Gasteiger partial charge in [0.15, 0.2) is 0 Å². The highest BCUT2D eigenvalue weighted by Gasteiger charge is 2.12. The van der Waals surface area contributed by atoms with Crippen molar-refractivity contribution in [3.63, 3.8) is 0 Å². The molecule has 0 fully saturated rings. The first-order chi connectivity index (χ1) is 8.11. The molecule has 90 valence electrons. The van der Waals surface area contributed by atoms with Gasteiger partial charge in [-0.05, 0) is 31.0 Å². The molecule has 0 unspecified atom stereocenters. The monoisotopic (exact) mass is 232 g/mol. The summed E-state index contributed by atoms with van der Waals surface area (Å²) in [5.74, 6) is -0.200. The number of carbonyl (C=O) groups is 1. The Kier molecular flexibility index (Phi) is 3.13. The van der Waals surface area contributed by atoms with Crippen molar-refractivity contribution in [2.24, 2.45) is 0 Å². The minimum atomic E-state index is -0.839. The van der Waals surface area contributed by atoms with E-state index in [0.29, 0.717) is 5.82 Å². The lowest BCUT2D eigenvalue weighted by atomic mass is 10.2. The van der Waals surface area contributed by atoms with Gasteiger partial charge < -0.3 is 9.67 Å². The van der Waals surface area contributed by atoms with Crippen LogP contribution in [0.2, 0.25) is 0 Å². The van der Waals surface area contributed by atoms with Gasteiger partial charge in [0.2, 0.25) is 0 Å². The molecule has 0 radical (unpaired) electrons. The van der Waals surface area contributed by atoms with Crippen molar-refractivity contribution in [2.45, 2.75) is 33.2 Å². The lowest BCUT2D eigenvalue weighted by Gasteiger charge is -2.05. The molecule has 1 heterocycles. The maximum absolute atomic E-state index is 10.8. The van der Waals surface area contributed by atoms with E-state index in [4.69, 9.17) is 5.11 Å². The number of carboxylic acids is 1. The predicted octanol–water partition coefficient (Wildman–Crippen LogP) is 2.38. The van der Waals surface area contributed by atoms with Crippen molar-refractivity contribution in [1.82, 2.24) is 9.55 Å². The summed E-state index contributed by atoms with van der Waals surface area (Å²) in [7, 11) is 0. The second kappa shape index (κ2) is 4.57. The molecule has 4 heteroatoms. The van der Waals surface area contributed by atoms with Crippen molar-refractivity contribution in [3.8, 4) is 0 Å². The second-order valence-electron chi connectivity index (χ2n) is 4.24. The molecule has 0 saturated heterocycles. The zero-order chi connectivity index (χ0) is 12.4. The van der Waals surface area contributed by atoms with Gasteiger partial charge in [-0.25, -0.2) is 4.98 Å². The third-order valence-corrected chi connectivity index (χ3v) is 2.74. The average molecular weight is 232 g/mol. The molecule has 0 amide bonds. The second-order valence-corrected chi connectivity index (χ2v) is 4.24. The van der Waals surface area contributed by atoms with Crippen molar-refractivity contribution >= 4 is 17.0 Å². The summed E-state index contributed by atoms with van der Waals surface area (Å²) in [4.78, 5) is 15.2. The van der Waals surface area contributed by atoms with Crippen molar-refractivity contribution in [3.05, 3.63) is 29.6 Å². The Labute approximate surface area is 99.9 Å². The predicted molar refractivity (Wildman–Crippen MR) is 66.1 cm³/mol. The van der Waals surface area contributed by atoms with E-state index < -0.39 is 5.97 Å². The Morgan fingerprint density at radius 1 is 1.47 bits per heavy atom. The van der Waals surface area contributed by atoms with Crippen LogP contribution >= 0.6 is 0 Å². The molecule has 1 aromatic carbocycles. The molecule has 17 heavy (non-hydrogen) atoms. The van der Waals surface area contributed by atoms with Gasteiger partial charge in [-0.2, -0.15) is 0 Å². The van der Waals surface area contributed by atoms with Gasteiger partial charge in [0.1, 0.15) is 12.2 Å². The molecule has 1 aromatic heterocycles. The number of imidazole rings is 1. The fourth-order valence-electron chi connectivity index (χ4n) is 2.03. The van der Waals surface area contributed by atoms with E-state index in [1.165, 1.54) is 0 Å². The number of aliphatic carboxylic acids is 1. The topological polar surface area (TPSA) is 55.1 Å². The zero-order valence-electron chi connectivity index (χ0n) is 10.1. The van der Waals surface area contributed by atoms with E-state index in [1.54, 1.807) is 0 Å². The maximum Gasteiger partial charge on any atom is 0.311 e. The van der Waals surface area contributed by atoms with Crippen LogP contribution in [-0.4, -0.2) is 20.6 Å². The van der Waals surface area contributed by atoms with Gasteiger partial charge >= 0.3 is 5.97 Å². The Morgan fingerprint density at radius 3 is 2.88 bits per heavy atom. The molecule has 0 aliphatic carbocycles. The quantitative estimate of drug-likeness (QED) is 0.880. The number of benzene rings is 1. The van der Waals surface area contributed by atoms with E-state index in [9.17, 15) is 4.79 Å². The Hall–Kier alpha value is -1.84. The largest absolute Gasteiger partial charge is 0.481 e. The van der Waals surface area contributed by atoms with E-state index in [0.717, 1.165) is 29.6 Å². The molecule has 0 aliphatic heterocycles. The molecule has 0 spiro atoms. The minimum Gasteiger partial charge on any atom is -0.481 e. The lowest BCUT2D eigenvalue weighted by molar-refractivity contribution is -0.136. The van der Waals surface area contributed by atoms with Crippen LogP contribution in [-0.2, 0) is 17.8 Å². The molecule has 0 saturated carbocycles. The number of nitrogens with zero attached hydrogens (tertiary/aromatic N) is 2. The van der Waals surface area contributed by atoms with Gasteiger partial charge in [-0.3, -0.25) is 4.79 Å². The minimum absolute atomic E-state index is 0.0201. The highest BCUT2D eigenvalue weighted by atomic mass is 16.4. The van der Waals surface area contributed by atoms with Crippen molar-refractivity contribution < 1.29 is 9.90 Å². The van der Waals surface area contributed by atoms with E-state index in [2.05, 4.69) is 11.9 Å². The fourth-order valence-corrected chi connectivity index (χ4v) is 2.03. The summed E-state index contributed by atoms with van der Waals surface area (Å²) < 4.78 is 2.00. The summed E-state index contributed by atoms with van der Waals surface area (Å²) in [5.41, 5.74) is 3.05. The molecular weight excluding hydrogens is 216 g/mol. The summed E-state index contributed by atoms with van der Waals surface area (Å²) in [5, 5.41) is 8.89. The van der Waals surface area contributed by atoms with Crippen LogP contribution in [0.3, 0.4) is 0 Å². The van der Waals surface area contributed by atoms with E-state index in [-0.39, 0.29) is 6.42 Å². The first-order valence-corrected chi connectivity index (χ1v) is 5.79. The third-order valence-electron chi connectivity index (χ3n) is 2.74. The van der Waals surface area contributed by atoms with Crippen LogP contribution in [0, 0.1) is 6.92 Å². The zero-order valence-corrected chi connectivity index (χ0v) is 10.1. The Balaban J connectivity index is 2.56. The number of carboxylic acid groups (broad SMARTS) is 1. The van der Waals surface area contributed by atoms with Gasteiger partial charge in [0.05, 0.1) is 11.0 Å². The van der Waals surface area contributed by atoms with Gasteiger partial charge in [0.25, 0.3) is 0 Å². The SMILES string of the molecule is CCCn1c(CC(=O)O)nc2cc(C)ccc21. The van der Waals surface area contributed by atoms with Crippen LogP contribution in [0.25, 0.3) is 11.0 Å². The molecule has 2 rings (SSSR count). The van der Waals surface area contributed by atoms with Crippen LogP contribution in [0.15, 0.2) is 18.2 Å². The number of fused-ring (bicyclic) bond motifs is 1. The maximum atomic E-state index is 10.8. The molecular formula is C13H16N2O2. The van der Waals surface area contributed by atoms with Gasteiger partial charge in [-0.15, -0.1) is 0 Å². The standard InChI is InChI=1S/C13H16N2O2/c1-3-6-15-11-5-4-9(2)7-10(11)14-12(15)8-13(16)17/h4-5,7H,3,6,8H2,1-2H3,(H,16,17). The average Bonchev–Trinajstić information content (AvgIpc) is 2.55. The summed E-state index contributed by atoms with van der Waals surface area (Å²) >= 11 is 0. The first-order valence-electron chi connectivity index (χ1n) is 5.79. The van der Waals surface area contributed by atoms with Crippen molar-refractivity contribution in [2.75, 3.05) is 0 Å². The molecule has 0 aliphatic rings. The molecule has 0 atom stereocenters. The Bertz CT molecular complexity index is 558. The van der Waals surface area contributed by atoms with Crippen LogP contribution < -0.4 is 0 Å². The first kappa shape index (κ1) is 11.6. The normalized spacial score (nSPS) is 10.9. The number of hydrogen-bond donors (Lipinski definition) is 1. The Morgan fingerprint density at radius 2 is 2.24 bits per heavy atom. The number of aryl methyl sites for hydroxylation is 2. The lowest BCUT2D eigenvalue weighted by Crippen LogP contribution is -2.09. The smallest absolute Gasteiger partial charge is 0.311 e. The number of aromatic nitrogens is 2. The molecule has 2 aromatic rings. The third kappa shape index (κ3) is 2.30.